The first-order chi connectivity index (χ1) is 7.36. The molecule has 2 aliphatic rings. The molecule has 0 amide bonds. The Balaban J connectivity index is 2.11. The van der Waals surface area contributed by atoms with E-state index in [4.69, 9.17) is 0 Å². The van der Waals surface area contributed by atoms with Crippen molar-refractivity contribution in [3.05, 3.63) is 59.7 Å². The molecule has 0 N–H and O–H groups in total. The van der Waals surface area contributed by atoms with Crippen LogP contribution in [0.25, 0.3) is 0 Å². The van der Waals surface area contributed by atoms with Crippen molar-refractivity contribution < 1.29 is 4.79 Å². The second-order valence-corrected chi connectivity index (χ2v) is 4.18. The zero-order valence-corrected chi connectivity index (χ0v) is 8.39. The van der Waals surface area contributed by atoms with Gasteiger partial charge in [0.1, 0.15) is 0 Å². The van der Waals surface area contributed by atoms with Gasteiger partial charge in [-0.3, -0.25) is 4.79 Å². The molecular formula is C14H12O. The van der Waals surface area contributed by atoms with Crippen molar-refractivity contribution in [1.82, 2.24) is 0 Å². The van der Waals surface area contributed by atoms with E-state index in [1.165, 1.54) is 5.56 Å². The summed E-state index contributed by atoms with van der Waals surface area (Å²) in [7, 11) is 0. The topological polar surface area (TPSA) is 17.1 Å². The van der Waals surface area contributed by atoms with E-state index in [2.05, 4.69) is 12.1 Å². The van der Waals surface area contributed by atoms with Gasteiger partial charge in [-0.25, -0.2) is 0 Å². The van der Waals surface area contributed by atoms with E-state index >= 15 is 0 Å². The maximum absolute atomic E-state index is 12.2. The van der Waals surface area contributed by atoms with Gasteiger partial charge >= 0.3 is 0 Å². The van der Waals surface area contributed by atoms with Gasteiger partial charge in [0.05, 0.1) is 0 Å². The van der Waals surface area contributed by atoms with Crippen molar-refractivity contribution in [2.24, 2.45) is 11.8 Å². The van der Waals surface area contributed by atoms with Gasteiger partial charge in [-0.05, 0) is 17.9 Å². The fourth-order valence-electron chi connectivity index (χ4n) is 2.50. The monoisotopic (exact) mass is 196 g/mol. The van der Waals surface area contributed by atoms with Crippen molar-refractivity contribution in [1.29, 1.82) is 0 Å². The van der Waals surface area contributed by atoms with Gasteiger partial charge in [-0.1, -0.05) is 48.6 Å². The highest BCUT2D eigenvalue weighted by molar-refractivity contribution is 6.01. The van der Waals surface area contributed by atoms with Gasteiger partial charge in [0.15, 0.2) is 5.78 Å². The van der Waals surface area contributed by atoms with E-state index in [-0.39, 0.29) is 11.7 Å². The molecule has 1 heteroatoms. The standard InChI is InChI=1S/C14H12O/c15-14-12-7-3-1-5-10(12)9-11-6-2-4-8-13(11)14/h1-8,10,12H,9H2/t10-,12-/m0/s1. The quantitative estimate of drug-likeness (QED) is 0.623. The molecule has 0 aliphatic heterocycles. The molecule has 0 bridgehead atoms. The Morgan fingerprint density at radius 1 is 1.07 bits per heavy atom. The fourth-order valence-corrected chi connectivity index (χ4v) is 2.50. The zero-order chi connectivity index (χ0) is 10.3. The molecule has 3 rings (SSSR count). The van der Waals surface area contributed by atoms with E-state index < -0.39 is 0 Å². The number of ketones is 1. The summed E-state index contributed by atoms with van der Waals surface area (Å²) in [5, 5.41) is 0. The van der Waals surface area contributed by atoms with Gasteiger partial charge in [0.2, 0.25) is 0 Å². The lowest BCUT2D eigenvalue weighted by atomic mass is 9.73. The molecule has 74 valence electrons. The first-order valence-electron chi connectivity index (χ1n) is 5.33. The lowest BCUT2D eigenvalue weighted by Gasteiger charge is -2.29. The van der Waals surface area contributed by atoms with Crippen LogP contribution in [-0.4, -0.2) is 5.78 Å². The Labute approximate surface area is 89.1 Å². The third-order valence-corrected chi connectivity index (χ3v) is 3.29. The van der Waals surface area contributed by atoms with Crippen LogP contribution in [0.2, 0.25) is 0 Å². The molecule has 1 aromatic carbocycles. The smallest absolute Gasteiger partial charge is 0.170 e. The van der Waals surface area contributed by atoms with Crippen LogP contribution in [0.4, 0.5) is 0 Å². The molecule has 15 heavy (non-hydrogen) atoms. The van der Waals surface area contributed by atoms with Crippen LogP contribution in [0, 0.1) is 11.8 Å². The summed E-state index contributed by atoms with van der Waals surface area (Å²) in [5.74, 6) is 0.727. The summed E-state index contributed by atoms with van der Waals surface area (Å²) in [6, 6.07) is 7.96. The molecule has 1 nitrogen and oxygen atoms in total. The summed E-state index contributed by atoms with van der Waals surface area (Å²) < 4.78 is 0. The van der Waals surface area contributed by atoms with E-state index in [0.29, 0.717) is 5.92 Å². The third kappa shape index (κ3) is 1.27. The van der Waals surface area contributed by atoms with E-state index in [9.17, 15) is 4.79 Å². The minimum absolute atomic E-state index is 0.0740. The molecule has 2 aliphatic carbocycles. The highest BCUT2D eigenvalue weighted by Gasteiger charge is 2.32. The largest absolute Gasteiger partial charge is 0.293 e. The van der Waals surface area contributed by atoms with Gasteiger partial charge < -0.3 is 0 Å². The Kier molecular flexibility index (Phi) is 1.84. The number of carbonyl (C=O) groups is 1. The lowest BCUT2D eigenvalue weighted by molar-refractivity contribution is 0.0908. The molecule has 0 radical (unpaired) electrons. The van der Waals surface area contributed by atoms with Crippen molar-refractivity contribution in [2.75, 3.05) is 0 Å². The average molecular weight is 196 g/mol. The molecule has 0 aromatic heterocycles. The fraction of sp³-hybridized carbons (Fsp3) is 0.214. The number of fused-ring (bicyclic) bond motifs is 2. The molecule has 1 aromatic rings. The van der Waals surface area contributed by atoms with Crippen molar-refractivity contribution >= 4 is 5.78 Å². The van der Waals surface area contributed by atoms with Gasteiger partial charge in [0, 0.05) is 11.5 Å². The molecule has 0 unspecified atom stereocenters. The van der Waals surface area contributed by atoms with Crippen LogP contribution in [0.3, 0.4) is 0 Å². The summed E-state index contributed by atoms with van der Waals surface area (Å²) in [4.78, 5) is 12.2. The molecule has 0 heterocycles. The third-order valence-electron chi connectivity index (χ3n) is 3.29. The molecule has 0 fully saturated rings. The Morgan fingerprint density at radius 2 is 1.87 bits per heavy atom. The molecule has 0 spiro atoms. The SMILES string of the molecule is O=C1c2ccccc2C[C@@H]2C=CC=C[C@H]12. The predicted octanol–water partition coefficient (Wildman–Crippen LogP) is 2.78. The average Bonchev–Trinajstić information content (AvgIpc) is 2.30. The number of allylic oxidation sites excluding steroid dienone is 4. The van der Waals surface area contributed by atoms with Crippen LogP contribution in [-0.2, 0) is 6.42 Å². The van der Waals surface area contributed by atoms with Crippen molar-refractivity contribution in [2.45, 2.75) is 6.42 Å². The first-order valence-corrected chi connectivity index (χ1v) is 5.33. The molecular weight excluding hydrogens is 184 g/mol. The Hall–Kier alpha value is -1.63. The van der Waals surface area contributed by atoms with Crippen molar-refractivity contribution in [3.8, 4) is 0 Å². The summed E-state index contributed by atoms with van der Waals surface area (Å²) in [6.07, 6.45) is 9.20. The summed E-state index contributed by atoms with van der Waals surface area (Å²) >= 11 is 0. The summed E-state index contributed by atoms with van der Waals surface area (Å²) in [5.41, 5.74) is 2.11. The van der Waals surface area contributed by atoms with Gasteiger partial charge in [-0.2, -0.15) is 0 Å². The molecule has 0 saturated carbocycles. The molecule has 0 saturated heterocycles. The minimum atomic E-state index is 0.0740. The normalized spacial score (nSPS) is 27.3. The van der Waals surface area contributed by atoms with Crippen molar-refractivity contribution in [3.63, 3.8) is 0 Å². The van der Waals surface area contributed by atoms with Crippen LogP contribution in [0.1, 0.15) is 15.9 Å². The number of rotatable bonds is 0. The van der Waals surface area contributed by atoms with Crippen LogP contribution < -0.4 is 0 Å². The number of hydrogen-bond acceptors (Lipinski definition) is 1. The Morgan fingerprint density at radius 3 is 2.80 bits per heavy atom. The lowest BCUT2D eigenvalue weighted by Crippen LogP contribution is -2.29. The summed E-state index contributed by atoms with van der Waals surface area (Å²) in [6.45, 7) is 0. The predicted molar refractivity (Wildman–Crippen MR) is 59.7 cm³/mol. The number of benzene rings is 1. The van der Waals surface area contributed by atoms with E-state index in [0.717, 1.165) is 12.0 Å². The van der Waals surface area contributed by atoms with Crippen LogP contribution in [0.5, 0.6) is 0 Å². The maximum Gasteiger partial charge on any atom is 0.170 e. The highest BCUT2D eigenvalue weighted by Crippen LogP contribution is 2.33. The first kappa shape index (κ1) is 8.66. The zero-order valence-electron chi connectivity index (χ0n) is 8.39. The van der Waals surface area contributed by atoms with E-state index in [1.54, 1.807) is 0 Å². The van der Waals surface area contributed by atoms with Crippen LogP contribution >= 0.6 is 0 Å². The van der Waals surface area contributed by atoms with Crippen LogP contribution in [0.15, 0.2) is 48.6 Å². The second kappa shape index (κ2) is 3.20. The number of carbonyl (C=O) groups excluding carboxylic acids is 1. The second-order valence-electron chi connectivity index (χ2n) is 4.18. The highest BCUT2D eigenvalue weighted by atomic mass is 16.1. The van der Waals surface area contributed by atoms with Gasteiger partial charge in [0.25, 0.3) is 0 Å². The van der Waals surface area contributed by atoms with Gasteiger partial charge in [-0.15, -0.1) is 0 Å². The number of Topliss-reactive ketones (excluding diaryl/α,β-unsaturated/α-hetero) is 1. The number of hydrogen-bond donors (Lipinski definition) is 0. The molecule has 2 atom stereocenters. The van der Waals surface area contributed by atoms with E-state index in [1.807, 2.05) is 36.4 Å². The maximum atomic E-state index is 12.2. The Bertz CT molecular complexity index is 468. The minimum Gasteiger partial charge on any atom is -0.293 e.